The Bertz CT molecular complexity index is 273. The van der Waals surface area contributed by atoms with Crippen LogP contribution < -0.4 is 16.4 Å². The summed E-state index contributed by atoms with van der Waals surface area (Å²) in [6.45, 7) is 2.55. The van der Waals surface area contributed by atoms with Gasteiger partial charge in [-0.2, -0.15) is 0 Å². The number of hydrogen-bond donors (Lipinski definition) is 3. The number of carbonyl (C=O) groups excluding carboxylic acids is 2. The van der Waals surface area contributed by atoms with Gasteiger partial charge in [-0.1, -0.05) is 19.3 Å². The first-order valence-corrected chi connectivity index (χ1v) is 6.89. The molecule has 0 unspecified atom stereocenters. The maximum atomic E-state index is 11.6. The molecule has 4 N–H and O–H groups in total. The van der Waals surface area contributed by atoms with E-state index in [2.05, 4.69) is 10.6 Å². The van der Waals surface area contributed by atoms with Gasteiger partial charge in [0.15, 0.2) is 0 Å². The minimum atomic E-state index is -0.497. The van der Waals surface area contributed by atoms with Crippen molar-refractivity contribution in [3.8, 4) is 0 Å². The van der Waals surface area contributed by atoms with Gasteiger partial charge in [0.25, 0.3) is 0 Å². The quantitative estimate of drug-likeness (QED) is 0.606. The van der Waals surface area contributed by atoms with Crippen LogP contribution in [0.2, 0.25) is 0 Å². The molecule has 1 aliphatic rings. The summed E-state index contributed by atoms with van der Waals surface area (Å²) >= 11 is 0. The largest absolute Gasteiger partial charge is 0.354 e. The van der Waals surface area contributed by atoms with E-state index in [1.54, 1.807) is 6.92 Å². The summed E-state index contributed by atoms with van der Waals surface area (Å²) in [5.41, 5.74) is 5.40. The van der Waals surface area contributed by atoms with Crippen LogP contribution in [0.15, 0.2) is 0 Å². The lowest BCUT2D eigenvalue weighted by Crippen LogP contribution is -2.42. The van der Waals surface area contributed by atoms with Crippen LogP contribution in [0, 0.1) is 5.92 Å². The molecule has 1 saturated carbocycles. The average molecular weight is 255 g/mol. The number of carbonyl (C=O) groups is 2. The van der Waals surface area contributed by atoms with E-state index in [4.69, 9.17) is 5.73 Å². The summed E-state index contributed by atoms with van der Waals surface area (Å²) in [5.74, 6) is 0.464. The molecule has 0 spiro atoms. The number of rotatable bonds is 6. The molecule has 0 heterocycles. The van der Waals surface area contributed by atoms with Gasteiger partial charge in [-0.05, 0) is 25.7 Å². The normalized spacial score (nSPS) is 18.1. The first kappa shape index (κ1) is 15.0. The first-order chi connectivity index (χ1) is 8.59. The Hall–Kier alpha value is -1.10. The lowest BCUT2D eigenvalue weighted by Gasteiger charge is -2.20. The number of nitrogens with two attached hydrogens (primary N) is 1. The van der Waals surface area contributed by atoms with Crippen LogP contribution in [-0.2, 0) is 9.59 Å². The zero-order valence-electron chi connectivity index (χ0n) is 11.2. The van der Waals surface area contributed by atoms with Gasteiger partial charge in [0.05, 0.1) is 6.04 Å². The van der Waals surface area contributed by atoms with E-state index in [0.29, 0.717) is 25.4 Å². The molecular formula is C13H25N3O2. The van der Waals surface area contributed by atoms with Crippen LogP contribution in [0.4, 0.5) is 0 Å². The zero-order valence-corrected chi connectivity index (χ0v) is 11.2. The monoisotopic (exact) mass is 255 g/mol. The molecule has 0 aromatic rings. The molecule has 1 rings (SSSR count). The lowest BCUT2D eigenvalue weighted by atomic mass is 9.87. The molecule has 1 fully saturated rings. The molecule has 0 aliphatic heterocycles. The second-order valence-electron chi connectivity index (χ2n) is 5.14. The van der Waals surface area contributed by atoms with Crippen molar-refractivity contribution >= 4 is 11.8 Å². The van der Waals surface area contributed by atoms with Crippen LogP contribution in [0.5, 0.6) is 0 Å². The predicted octanol–water partition coefficient (Wildman–Crippen LogP) is 0.536. The number of amides is 2. The van der Waals surface area contributed by atoms with Crippen molar-refractivity contribution in [2.45, 2.75) is 51.5 Å². The Morgan fingerprint density at radius 2 is 1.78 bits per heavy atom. The van der Waals surface area contributed by atoms with Crippen molar-refractivity contribution < 1.29 is 9.59 Å². The molecule has 0 aromatic carbocycles. The van der Waals surface area contributed by atoms with Crippen LogP contribution in [0.3, 0.4) is 0 Å². The molecule has 0 saturated heterocycles. The fourth-order valence-corrected chi connectivity index (χ4v) is 2.27. The number of nitrogens with one attached hydrogen (secondary N) is 2. The first-order valence-electron chi connectivity index (χ1n) is 6.89. The third-order valence-electron chi connectivity index (χ3n) is 3.36. The van der Waals surface area contributed by atoms with E-state index >= 15 is 0 Å². The van der Waals surface area contributed by atoms with Gasteiger partial charge in [0.2, 0.25) is 11.8 Å². The second-order valence-corrected chi connectivity index (χ2v) is 5.14. The molecule has 0 bridgehead atoms. The van der Waals surface area contributed by atoms with E-state index in [1.165, 1.54) is 32.1 Å². The van der Waals surface area contributed by atoms with E-state index < -0.39 is 6.04 Å². The Labute approximate surface area is 109 Å². The highest BCUT2D eigenvalue weighted by Gasteiger charge is 2.16. The smallest absolute Gasteiger partial charge is 0.236 e. The predicted molar refractivity (Wildman–Crippen MR) is 70.9 cm³/mol. The minimum absolute atomic E-state index is 0.0944. The van der Waals surface area contributed by atoms with Gasteiger partial charge in [-0.15, -0.1) is 0 Å². The van der Waals surface area contributed by atoms with Gasteiger partial charge in [-0.3, -0.25) is 9.59 Å². The standard InChI is InChI=1S/C13H25N3O2/c1-10(14)13(18)16-8-7-15-12(17)9-11-5-3-2-4-6-11/h10-11H,2-9,14H2,1H3,(H,15,17)(H,16,18)/t10-/m1/s1. The Morgan fingerprint density at radius 1 is 1.17 bits per heavy atom. The molecule has 1 atom stereocenters. The van der Waals surface area contributed by atoms with Crippen molar-refractivity contribution in [1.82, 2.24) is 10.6 Å². The van der Waals surface area contributed by atoms with Crippen molar-refractivity contribution in [2.75, 3.05) is 13.1 Å². The summed E-state index contributed by atoms with van der Waals surface area (Å²) in [6, 6.07) is -0.497. The van der Waals surface area contributed by atoms with Gasteiger partial charge < -0.3 is 16.4 Å². The van der Waals surface area contributed by atoms with Crippen LogP contribution in [0.1, 0.15) is 45.4 Å². The van der Waals surface area contributed by atoms with E-state index in [9.17, 15) is 9.59 Å². The Morgan fingerprint density at radius 3 is 2.39 bits per heavy atom. The van der Waals surface area contributed by atoms with Gasteiger partial charge in [-0.25, -0.2) is 0 Å². The summed E-state index contributed by atoms with van der Waals surface area (Å²) < 4.78 is 0. The average Bonchev–Trinajstić information content (AvgIpc) is 2.35. The van der Waals surface area contributed by atoms with Crippen molar-refractivity contribution in [2.24, 2.45) is 11.7 Å². The van der Waals surface area contributed by atoms with Gasteiger partial charge in [0, 0.05) is 19.5 Å². The molecule has 5 nitrogen and oxygen atoms in total. The number of hydrogen-bond acceptors (Lipinski definition) is 3. The molecule has 2 amide bonds. The van der Waals surface area contributed by atoms with Crippen molar-refractivity contribution in [3.63, 3.8) is 0 Å². The topological polar surface area (TPSA) is 84.2 Å². The fourth-order valence-electron chi connectivity index (χ4n) is 2.27. The van der Waals surface area contributed by atoms with Crippen molar-refractivity contribution in [3.05, 3.63) is 0 Å². The third kappa shape index (κ3) is 6.00. The summed E-state index contributed by atoms with van der Waals surface area (Å²) in [7, 11) is 0. The summed E-state index contributed by atoms with van der Waals surface area (Å²) in [6.07, 6.45) is 6.79. The maximum absolute atomic E-state index is 11.6. The molecule has 18 heavy (non-hydrogen) atoms. The highest BCUT2D eigenvalue weighted by molar-refractivity contribution is 5.81. The molecule has 0 radical (unpaired) electrons. The van der Waals surface area contributed by atoms with Crippen LogP contribution >= 0.6 is 0 Å². The zero-order chi connectivity index (χ0) is 13.4. The summed E-state index contributed by atoms with van der Waals surface area (Å²) in [5, 5.41) is 5.49. The van der Waals surface area contributed by atoms with E-state index in [0.717, 1.165) is 0 Å². The van der Waals surface area contributed by atoms with Crippen LogP contribution in [-0.4, -0.2) is 30.9 Å². The molecule has 104 valence electrons. The van der Waals surface area contributed by atoms with Crippen molar-refractivity contribution in [1.29, 1.82) is 0 Å². The Balaban J connectivity index is 2.04. The highest BCUT2D eigenvalue weighted by Crippen LogP contribution is 2.25. The SMILES string of the molecule is C[C@@H](N)C(=O)NCCNC(=O)CC1CCCCC1. The Kier molecular flexibility index (Phi) is 6.72. The van der Waals surface area contributed by atoms with Gasteiger partial charge >= 0.3 is 0 Å². The molecular weight excluding hydrogens is 230 g/mol. The maximum Gasteiger partial charge on any atom is 0.236 e. The molecule has 1 aliphatic carbocycles. The minimum Gasteiger partial charge on any atom is -0.354 e. The molecule has 5 heteroatoms. The fraction of sp³-hybridized carbons (Fsp3) is 0.846. The second kappa shape index (κ2) is 8.08. The van der Waals surface area contributed by atoms with E-state index in [-0.39, 0.29) is 11.8 Å². The van der Waals surface area contributed by atoms with Gasteiger partial charge in [0.1, 0.15) is 0 Å². The highest BCUT2D eigenvalue weighted by atomic mass is 16.2. The van der Waals surface area contributed by atoms with Crippen LogP contribution in [0.25, 0.3) is 0 Å². The lowest BCUT2D eigenvalue weighted by molar-refractivity contribution is -0.123. The van der Waals surface area contributed by atoms with E-state index in [1.807, 2.05) is 0 Å². The molecule has 0 aromatic heterocycles. The summed E-state index contributed by atoms with van der Waals surface area (Å²) in [4.78, 5) is 22.8. The third-order valence-corrected chi connectivity index (χ3v) is 3.36.